The van der Waals surface area contributed by atoms with Gasteiger partial charge in [-0.15, -0.1) is 0 Å². The minimum Gasteiger partial charge on any atom is -0.307 e. The highest BCUT2D eigenvalue weighted by Gasteiger charge is 2.16. The molecule has 0 aliphatic heterocycles. The molecule has 3 heterocycles. The van der Waals surface area contributed by atoms with Crippen LogP contribution in [0.5, 0.6) is 0 Å². The maximum absolute atomic E-state index is 13.1. The van der Waals surface area contributed by atoms with Crippen molar-refractivity contribution in [2.75, 3.05) is 5.32 Å². The van der Waals surface area contributed by atoms with Gasteiger partial charge in [-0.1, -0.05) is 30.0 Å². The molecular weight excluding hydrogens is 394 g/mol. The van der Waals surface area contributed by atoms with E-state index < -0.39 is 0 Å². The molecule has 0 spiro atoms. The molecule has 0 unspecified atom stereocenters. The highest BCUT2D eigenvalue weighted by atomic mass is 32.2. The number of benzene rings is 1. The first-order valence-electron chi connectivity index (χ1n) is 9.53. The maximum atomic E-state index is 13.1. The molecule has 4 aromatic rings. The molecule has 0 saturated carbocycles. The molecule has 150 valence electrons. The molecule has 1 amide bonds. The molecule has 1 N–H and O–H groups in total. The summed E-state index contributed by atoms with van der Waals surface area (Å²) in [5.74, 6) is 0.385. The van der Waals surface area contributed by atoms with Gasteiger partial charge >= 0.3 is 0 Å². The molecule has 0 atom stereocenters. The molecule has 0 aliphatic rings. The van der Waals surface area contributed by atoms with E-state index in [1.54, 1.807) is 41.5 Å². The number of amides is 1. The van der Waals surface area contributed by atoms with Gasteiger partial charge in [0.05, 0.1) is 24.0 Å². The number of pyridine rings is 2. The average Bonchev–Trinajstić information content (AvgIpc) is 3.18. The Bertz CT molecular complexity index is 1170. The van der Waals surface area contributed by atoms with Crippen LogP contribution in [-0.4, -0.2) is 25.7 Å². The van der Waals surface area contributed by atoms with Crippen molar-refractivity contribution in [1.82, 2.24) is 19.7 Å². The molecule has 0 aliphatic carbocycles. The van der Waals surface area contributed by atoms with Crippen molar-refractivity contribution in [3.63, 3.8) is 0 Å². The van der Waals surface area contributed by atoms with E-state index in [9.17, 15) is 4.79 Å². The molecule has 6 nitrogen and oxygen atoms in total. The number of carbonyl (C=O) groups excluding carboxylic acids is 1. The number of rotatable bonds is 6. The van der Waals surface area contributed by atoms with Crippen LogP contribution in [0.15, 0.2) is 83.1 Å². The number of aromatic nitrogens is 4. The van der Waals surface area contributed by atoms with E-state index in [1.165, 1.54) is 17.3 Å². The predicted molar refractivity (Wildman–Crippen MR) is 118 cm³/mol. The van der Waals surface area contributed by atoms with Gasteiger partial charge in [0.15, 0.2) is 0 Å². The summed E-state index contributed by atoms with van der Waals surface area (Å²) < 4.78 is 1.72. The Morgan fingerprint density at radius 1 is 1.00 bits per heavy atom. The van der Waals surface area contributed by atoms with Gasteiger partial charge in [-0.3, -0.25) is 9.78 Å². The average molecular weight is 416 g/mol. The largest absolute Gasteiger partial charge is 0.307 e. The third-order valence-electron chi connectivity index (χ3n) is 4.56. The number of aryl methyl sites for hydroxylation is 2. The van der Waals surface area contributed by atoms with Gasteiger partial charge in [-0.2, -0.15) is 5.10 Å². The zero-order chi connectivity index (χ0) is 20.9. The molecule has 1 aromatic carbocycles. The smallest absolute Gasteiger partial charge is 0.259 e. The Balaban J connectivity index is 1.55. The van der Waals surface area contributed by atoms with E-state index in [0.29, 0.717) is 23.0 Å². The topological polar surface area (TPSA) is 72.7 Å². The lowest BCUT2D eigenvalue weighted by molar-refractivity contribution is 0.102. The zero-order valence-corrected chi connectivity index (χ0v) is 17.6. The van der Waals surface area contributed by atoms with Gasteiger partial charge in [0.1, 0.15) is 10.8 Å². The summed E-state index contributed by atoms with van der Waals surface area (Å²) in [7, 11) is 0. The Kier molecular flexibility index (Phi) is 5.90. The maximum Gasteiger partial charge on any atom is 0.259 e. The van der Waals surface area contributed by atoms with E-state index in [-0.39, 0.29) is 5.91 Å². The summed E-state index contributed by atoms with van der Waals surface area (Å²) in [6.45, 7) is 4.58. The zero-order valence-electron chi connectivity index (χ0n) is 16.7. The number of nitrogens with zero attached hydrogens (tertiary/aromatic N) is 4. The lowest BCUT2D eigenvalue weighted by Crippen LogP contribution is -2.17. The van der Waals surface area contributed by atoms with Gasteiger partial charge < -0.3 is 5.32 Å². The predicted octanol–water partition coefficient (Wildman–Crippen LogP) is 4.74. The summed E-state index contributed by atoms with van der Waals surface area (Å²) >= 11 is 1.50. The standard InChI is InChI=1S/C23H21N5OS/c1-16-8-9-17(2)20(14-16)30-23-19(7-5-12-25-23)22(29)27-21-10-13-26-28(21)15-18-6-3-4-11-24-18/h3-14H,15H2,1-2H3,(H,27,29). The lowest BCUT2D eigenvalue weighted by Gasteiger charge is -2.12. The van der Waals surface area contributed by atoms with Crippen LogP contribution in [0.4, 0.5) is 5.82 Å². The second-order valence-electron chi connectivity index (χ2n) is 6.88. The van der Waals surface area contributed by atoms with Crippen molar-refractivity contribution in [1.29, 1.82) is 0 Å². The van der Waals surface area contributed by atoms with Crippen LogP contribution in [-0.2, 0) is 6.54 Å². The highest BCUT2D eigenvalue weighted by Crippen LogP contribution is 2.32. The highest BCUT2D eigenvalue weighted by molar-refractivity contribution is 7.99. The van der Waals surface area contributed by atoms with E-state index in [2.05, 4.69) is 52.4 Å². The van der Waals surface area contributed by atoms with Gasteiger partial charge in [0.25, 0.3) is 5.91 Å². The van der Waals surface area contributed by atoms with Crippen molar-refractivity contribution in [3.8, 4) is 0 Å². The van der Waals surface area contributed by atoms with Gasteiger partial charge in [-0.05, 0) is 55.3 Å². The van der Waals surface area contributed by atoms with E-state index in [0.717, 1.165) is 16.2 Å². The fourth-order valence-corrected chi connectivity index (χ4v) is 4.03. The van der Waals surface area contributed by atoms with Gasteiger partial charge in [0.2, 0.25) is 0 Å². The fourth-order valence-electron chi connectivity index (χ4n) is 2.96. The Morgan fingerprint density at radius 3 is 2.70 bits per heavy atom. The normalized spacial score (nSPS) is 10.7. The molecule has 0 radical (unpaired) electrons. The third kappa shape index (κ3) is 4.58. The molecule has 7 heteroatoms. The summed E-state index contributed by atoms with van der Waals surface area (Å²) in [5, 5.41) is 7.94. The summed E-state index contributed by atoms with van der Waals surface area (Å²) in [5.41, 5.74) is 3.71. The second-order valence-corrected chi connectivity index (χ2v) is 7.91. The minimum absolute atomic E-state index is 0.223. The van der Waals surface area contributed by atoms with Gasteiger partial charge in [-0.25, -0.2) is 9.67 Å². The number of carbonyl (C=O) groups is 1. The van der Waals surface area contributed by atoms with Crippen LogP contribution in [0.25, 0.3) is 0 Å². The molecule has 0 saturated heterocycles. The van der Waals surface area contributed by atoms with Gasteiger partial charge in [0, 0.05) is 23.4 Å². The molecule has 3 aromatic heterocycles. The van der Waals surface area contributed by atoms with Crippen molar-refractivity contribution >= 4 is 23.5 Å². The fraction of sp³-hybridized carbons (Fsp3) is 0.130. The first-order chi connectivity index (χ1) is 14.6. The van der Waals surface area contributed by atoms with Crippen molar-refractivity contribution in [2.45, 2.75) is 30.3 Å². The van der Waals surface area contributed by atoms with Crippen LogP contribution < -0.4 is 5.32 Å². The van der Waals surface area contributed by atoms with Crippen LogP contribution >= 0.6 is 11.8 Å². The van der Waals surface area contributed by atoms with E-state index in [4.69, 9.17) is 0 Å². The molecule has 4 rings (SSSR count). The van der Waals surface area contributed by atoms with Crippen molar-refractivity contribution < 1.29 is 4.79 Å². The third-order valence-corrected chi connectivity index (χ3v) is 5.74. The van der Waals surface area contributed by atoms with Crippen LogP contribution in [0.3, 0.4) is 0 Å². The van der Waals surface area contributed by atoms with Crippen LogP contribution in [0, 0.1) is 13.8 Å². The minimum atomic E-state index is -0.223. The summed E-state index contributed by atoms with van der Waals surface area (Å²) in [6, 6.07) is 17.3. The summed E-state index contributed by atoms with van der Waals surface area (Å²) in [6.07, 6.45) is 5.10. The monoisotopic (exact) mass is 415 g/mol. The molecule has 0 bridgehead atoms. The number of anilines is 1. The summed E-state index contributed by atoms with van der Waals surface area (Å²) in [4.78, 5) is 22.9. The van der Waals surface area contributed by atoms with Crippen molar-refractivity contribution in [2.24, 2.45) is 0 Å². The Hall–Kier alpha value is -3.45. The van der Waals surface area contributed by atoms with Crippen LogP contribution in [0.1, 0.15) is 27.2 Å². The van der Waals surface area contributed by atoms with Crippen molar-refractivity contribution in [3.05, 3.63) is 95.6 Å². The quantitative estimate of drug-likeness (QED) is 0.492. The molecule has 0 fully saturated rings. The SMILES string of the molecule is Cc1ccc(C)c(Sc2ncccc2C(=O)Nc2ccnn2Cc2ccccn2)c1. The van der Waals surface area contributed by atoms with E-state index >= 15 is 0 Å². The molecule has 30 heavy (non-hydrogen) atoms. The number of hydrogen-bond acceptors (Lipinski definition) is 5. The van der Waals surface area contributed by atoms with Crippen LogP contribution in [0.2, 0.25) is 0 Å². The number of hydrogen-bond donors (Lipinski definition) is 1. The Labute approximate surface area is 179 Å². The Morgan fingerprint density at radius 2 is 1.87 bits per heavy atom. The first-order valence-corrected chi connectivity index (χ1v) is 10.3. The number of nitrogens with one attached hydrogen (secondary N) is 1. The van der Waals surface area contributed by atoms with E-state index in [1.807, 2.05) is 18.2 Å². The second kappa shape index (κ2) is 8.92. The molecular formula is C23H21N5OS. The lowest BCUT2D eigenvalue weighted by atomic mass is 10.2. The first kappa shape index (κ1) is 19.8.